The standard InChI is InChI=1S/C9H17.2CH2/c1-2-4-6-8-9-7-5-3-1;;/h1H,2-9H2;2*1H2. The molecule has 0 heterocycles. The van der Waals surface area contributed by atoms with E-state index in [-0.39, 0.29) is 14.9 Å². The molecule has 0 bridgehead atoms. The Balaban J connectivity index is 0. The second kappa shape index (κ2) is 10.0. The lowest BCUT2D eigenvalue weighted by molar-refractivity contribution is 0.624. The Kier molecular flexibility index (Phi) is 12.3. The van der Waals surface area contributed by atoms with Crippen LogP contribution in [0.4, 0.5) is 0 Å². The molecule has 0 aromatic carbocycles. The predicted molar refractivity (Wildman–Crippen MR) is 52.0 cm³/mol. The number of hydrogen-bond acceptors (Lipinski definition) is 0. The van der Waals surface area contributed by atoms with Crippen LogP contribution in [0.5, 0.6) is 0 Å². The summed E-state index contributed by atoms with van der Waals surface area (Å²) in [6, 6.07) is 0. The minimum atomic E-state index is 0. The molecule has 1 aliphatic rings. The number of rotatable bonds is 0. The second-order valence-electron chi connectivity index (χ2n) is 2.99. The fourth-order valence-electron chi connectivity index (χ4n) is 1.43. The van der Waals surface area contributed by atoms with Crippen molar-refractivity contribution in [1.82, 2.24) is 0 Å². The highest BCUT2D eigenvalue weighted by Gasteiger charge is 1.96. The van der Waals surface area contributed by atoms with Gasteiger partial charge in [0.05, 0.1) is 0 Å². The van der Waals surface area contributed by atoms with Gasteiger partial charge in [-0.3, -0.25) is 0 Å². The van der Waals surface area contributed by atoms with Crippen molar-refractivity contribution >= 4 is 0 Å². The van der Waals surface area contributed by atoms with E-state index in [2.05, 4.69) is 6.42 Å². The summed E-state index contributed by atoms with van der Waals surface area (Å²) in [4.78, 5) is 0. The molecule has 1 rings (SSSR count). The molecule has 0 atom stereocenters. The lowest BCUT2D eigenvalue weighted by Gasteiger charge is -1.93. The molecule has 0 nitrogen and oxygen atoms in total. The van der Waals surface area contributed by atoms with Crippen molar-refractivity contribution in [2.24, 2.45) is 0 Å². The maximum Gasteiger partial charge on any atom is -0.0386 e. The highest BCUT2D eigenvalue weighted by Crippen LogP contribution is 2.14. The van der Waals surface area contributed by atoms with Crippen LogP contribution in [-0.4, -0.2) is 0 Å². The normalized spacial score (nSPS) is 19.6. The molecule has 0 amide bonds. The van der Waals surface area contributed by atoms with Gasteiger partial charge in [0.1, 0.15) is 0 Å². The molecule has 5 radical (unpaired) electrons. The maximum atomic E-state index is 2.46. The van der Waals surface area contributed by atoms with Crippen molar-refractivity contribution in [3.63, 3.8) is 0 Å². The van der Waals surface area contributed by atoms with Crippen molar-refractivity contribution in [3.05, 3.63) is 21.3 Å². The Bertz CT molecular complexity index is 28.5. The molecule has 0 aromatic rings. The van der Waals surface area contributed by atoms with Gasteiger partial charge in [-0.2, -0.15) is 0 Å². The SMILES string of the molecule is [CH2].[CH2].[CH]1CCCCCCCC1. The van der Waals surface area contributed by atoms with E-state index in [1.165, 1.54) is 51.4 Å². The molecule has 1 fully saturated rings. The van der Waals surface area contributed by atoms with Crippen molar-refractivity contribution in [2.45, 2.75) is 51.4 Å². The highest BCUT2D eigenvalue weighted by molar-refractivity contribution is 4.66. The molecule has 65 valence electrons. The van der Waals surface area contributed by atoms with Crippen molar-refractivity contribution in [1.29, 1.82) is 0 Å². The smallest absolute Gasteiger partial charge is 0.0386 e. The third-order valence-electron chi connectivity index (χ3n) is 2.07. The summed E-state index contributed by atoms with van der Waals surface area (Å²) < 4.78 is 0. The van der Waals surface area contributed by atoms with Gasteiger partial charge in [-0.1, -0.05) is 66.2 Å². The van der Waals surface area contributed by atoms with Crippen LogP contribution in [0.25, 0.3) is 0 Å². The first-order valence-corrected chi connectivity index (χ1v) is 4.32. The summed E-state index contributed by atoms with van der Waals surface area (Å²) in [5.74, 6) is 0. The summed E-state index contributed by atoms with van der Waals surface area (Å²) in [7, 11) is 0. The van der Waals surface area contributed by atoms with Crippen LogP contribution in [0.15, 0.2) is 0 Å². The fourth-order valence-corrected chi connectivity index (χ4v) is 1.43. The Labute approximate surface area is 73.4 Å². The van der Waals surface area contributed by atoms with E-state index in [4.69, 9.17) is 0 Å². The van der Waals surface area contributed by atoms with Crippen LogP contribution in [0.3, 0.4) is 0 Å². The summed E-state index contributed by atoms with van der Waals surface area (Å²) in [6.45, 7) is 0. The largest absolute Gasteiger partial charge is 0.0533 e. The second-order valence-corrected chi connectivity index (χ2v) is 2.99. The van der Waals surface area contributed by atoms with Gasteiger partial charge < -0.3 is 0 Å². The number of hydrogen-bond donors (Lipinski definition) is 0. The zero-order valence-corrected chi connectivity index (χ0v) is 7.65. The zero-order chi connectivity index (χ0) is 6.36. The van der Waals surface area contributed by atoms with Crippen LogP contribution < -0.4 is 0 Å². The van der Waals surface area contributed by atoms with Crippen LogP contribution in [0.2, 0.25) is 0 Å². The van der Waals surface area contributed by atoms with E-state index in [1.54, 1.807) is 0 Å². The van der Waals surface area contributed by atoms with Crippen molar-refractivity contribution in [2.75, 3.05) is 0 Å². The van der Waals surface area contributed by atoms with Gasteiger partial charge in [0.15, 0.2) is 0 Å². The topological polar surface area (TPSA) is 0 Å². The van der Waals surface area contributed by atoms with E-state index in [1.807, 2.05) is 0 Å². The van der Waals surface area contributed by atoms with E-state index >= 15 is 0 Å². The highest BCUT2D eigenvalue weighted by atomic mass is 14.0. The van der Waals surface area contributed by atoms with E-state index in [0.29, 0.717) is 0 Å². The van der Waals surface area contributed by atoms with Gasteiger partial charge in [0.25, 0.3) is 0 Å². The first kappa shape index (κ1) is 13.6. The van der Waals surface area contributed by atoms with Crippen LogP contribution >= 0.6 is 0 Å². The predicted octanol–water partition coefficient (Wildman–Crippen LogP) is 3.98. The summed E-state index contributed by atoms with van der Waals surface area (Å²) in [6.07, 6.45) is 14.0. The molecule has 1 aliphatic carbocycles. The van der Waals surface area contributed by atoms with Crippen LogP contribution in [0, 0.1) is 21.3 Å². The van der Waals surface area contributed by atoms with Gasteiger partial charge in [0, 0.05) is 0 Å². The van der Waals surface area contributed by atoms with Gasteiger partial charge in [-0.15, -0.1) is 0 Å². The summed E-state index contributed by atoms with van der Waals surface area (Å²) >= 11 is 0. The molecule has 1 saturated carbocycles. The van der Waals surface area contributed by atoms with Crippen LogP contribution in [-0.2, 0) is 0 Å². The van der Waals surface area contributed by atoms with Gasteiger partial charge in [-0.05, 0) is 6.42 Å². The lowest BCUT2D eigenvalue weighted by Crippen LogP contribution is -1.75. The summed E-state index contributed by atoms with van der Waals surface area (Å²) in [5, 5.41) is 0. The Morgan fingerprint density at radius 1 is 0.545 bits per heavy atom. The molecule has 0 heteroatoms. The van der Waals surface area contributed by atoms with E-state index < -0.39 is 0 Å². The average molecular weight is 153 g/mol. The fraction of sp³-hybridized carbons (Fsp3) is 0.727. The third-order valence-corrected chi connectivity index (χ3v) is 2.07. The quantitative estimate of drug-likeness (QED) is 0.494. The van der Waals surface area contributed by atoms with Crippen molar-refractivity contribution < 1.29 is 0 Å². The minimum absolute atomic E-state index is 0. The average Bonchev–Trinajstić information content (AvgIpc) is 2.00. The van der Waals surface area contributed by atoms with Crippen molar-refractivity contribution in [3.8, 4) is 0 Å². The Morgan fingerprint density at radius 2 is 0.909 bits per heavy atom. The van der Waals surface area contributed by atoms with Crippen LogP contribution in [0.1, 0.15) is 51.4 Å². The monoisotopic (exact) mass is 153 g/mol. The molecule has 0 aromatic heterocycles. The Hall–Kier alpha value is 0. The molecule has 0 spiro atoms. The summed E-state index contributed by atoms with van der Waals surface area (Å²) in [5.41, 5.74) is 0. The van der Waals surface area contributed by atoms with E-state index in [0.717, 1.165) is 0 Å². The Morgan fingerprint density at radius 3 is 1.36 bits per heavy atom. The molecule has 0 saturated heterocycles. The molecule has 0 N–H and O–H groups in total. The third kappa shape index (κ3) is 7.90. The molecular weight excluding hydrogens is 132 g/mol. The molecular formula is C11H21. The maximum absolute atomic E-state index is 2.46. The first-order chi connectivity index (χ1) is 4.50. The van der Waals surface area contributed by atoms with Gasteiger partial charge in [0.2, 0.25) is 0 Å². The minimum Gasteiger partial charge on any atom is -0.0533 e. The van der Waals surface area contributed by atoms with E-state index in [9.17, 15) is 0 Å². The first-order valence-electron chi connectivity index (χ1n) is 4.32. The van der Waals surface area contributed by atoms with Gasteiger partial charge >= 0.3 is 0 Å². The molecule has 11 heavy (non-hydrogen) atoms. The van der Waals surface area contributed by atoms with Gasteiger partial charge in [-0.25, -0.2) is 0 Å². The zero-order valence-electron chi connectivity index (χ0n) is 7.65. The lowest BCUT2D eigenvalue weighted by atomic mass is 10.1. The molecule has 0 unspecified atom stereocenters. The molecule has 0 aliphatic heterocycles.